The minimum absolute atomic E-state index is 0.183. The molecule has 39 heavy (non-hydrogen) atoms. The average molecular weight is 565 g/mol. The molecule has 0 amide bonds. The third kappa shape index (κ3) is 5.53. The topological polar surface area (TPSA) is 67.3 Å². The van der Waals surface area contributed by atoms with Crippen LogP contribution in [0.25, 0.3) is 0 Å². The number of hydrogen-bond donors (Lipinski definition) is 0. The summed E-state index contributed by atoms with van der Waals surface area (Å²) in [7, 11) is 2.82. The fourth-order valence-corrected chi connectivity index (χ4v) is 6.67. The van der Waals surface area contributed by atoms with Crippen molar-refractivity contribution in [2.75, 3.05) is 37.2 Å². The van der Waals surface area contributed by atoms with E-state index < -0.39 is 29.8 Å². The highest BCUT2D eigenvalue weighted by molar-refractivity contribution is 6.33. The first-order chi connectivity index (χ1) is 18.6. The number of pyridine rings is 1. The Balaban J connectivity index is 1.30. The van der Waals surface area contributed by atoms with Gasteiger partial charge in [0.05, 0.1) is 49.3 Å². The highest BCUT2D eigenvalue weighted by Gasteiger charge is 2.49. The maximum atomic E-state index is 13.6. The number of esters is 1. The molecule has 1 aromatic carbocycles. The summed E-state index contributed by atoms with van der Waals surface area (Å²) >= 11 is 6.47. The Bertz CT molecular complexity index is 1230. The van der Waals surface area contributed by atoms with Crippen molar-refractivity contribution in [2.24, 2.45) is 28.8 Å². The molecule has 1 aromatic heterocycles. The third-order valence-corrected chi connectivity index (χ3v) is 8.78. The molecule has 2 aromatic rings. The van der Waals surface area contributed by atoms with Gasteiger partial charge in [-0.1, -0.05) is 30.7 Å². The van der Waals surface area contributed by atoms with Crippen molar-refractivity contribution in [2.45, 2.75) is 44.8 Å². The number of alkyl halides is 3. The van der Waals surface area contributed by atoms with Gasteiger partial charge < -0.3 is 14.4 Å². The summed E-state index contributed by atoms with van der Waals surface area (Å²) in [5.74, 6) is 0.557. The maximum absolute atomic E-state index is 13.6. The molecule has 3 aliphatic rings. The number of carbonyl (C=O) groups is 1. The summed E-state index contributed by atoms with van der Waals surface area (Å²) in [6, 6.07) is 8.66. The molecule has 0 unspecified atom stereocenters. The molecule has 2 bridgehead atoms. The molecule has 1 aliphatic carbocycles. The van der Waals surface area contributed by atoms with E-state index in [1.807, 2.05) is 18.2 Å². The van der Waals surface area contributed by atoms with Crippen LogP contribution in [-0.2, 0) is 16.0 Å². The maximum Gasteiger partial charge on any atom is 0.431 e. The van der Waals surface area contributed by atoms with Gasteiger partial charge in [-0.3, -0.25) is 9.80 Å². The van der Waals surface area contributed by atoms with E-state index in [9.17, 15) is 18.0 Å². The van der Waals surface area contributed by atoms with Crippen molar-refractivity contribution >= 4 is 34.7 Å². The summed E-state index contributed by atoms with van der Waals surface area (Å²) in [6.07, 6.45) is 0.0823. The lowest BCUT2D eigenvalue weighted by Crippen LogP contribution is -2.42. The van der Waals surface area contributed by atoms with Crippen molar-refractivity contribution in [3.8, 4) is 5.88 Å². The van der Waals surface area contributed by atoms with Gasteiger partial charge in [0.1, 0.15) is 5.71 Å². The van der Waals surface area contributed by atoms with E-state index in [0.29, 0.717) is 34.3 Å². The quantitative estimate of drug-likeness (QED) is 0.399. The number of piperidine rings is 1. The second-order valence-corrected chi connectivity index (χ2v) is 11.1. The van der Waals surface area contributed by atoms with Crippen LogP contribution in [0.1, 0.15) is 31.7 Å². The summed E-state index contributed by atoms with van der Waals surface area (Å²) in [5, 5.41) is 5.84. The van der Waals surface area contributed by atoms with Gasteiger partial charge in [-0.25, -0.2) is 4.98 Å². The van der Waals surface area contributed by atoms with Gasteiger partial charge in [0.15, 0.2) is 0 Å². The number of aromatic nitrogens is 1. The number of carbonyl (C=O) groups excluding carboxylic acids is 1. The van der Waals surface area contributed by atoms with Gasteiger partial charge in [-0.15, -0.1) is 0 Å². The minimum atomic E-state index is -4.57. The summed E-state index contributed by atoms with van der Waals surface area (Å²) in [4.78, 5) is 18.5. The largest absolute Gasteiger partial charge is 0.481 e. The molecule has 5 atom stereocenters. The molecule has 3 heterocycles. The number of benzene rings is 1. The number of halogens is 4. The molecule has 1 saturated heterocycles. The van der Waals surface area contributed by atoms with Crippen molar-refractivity contribution in [1.29, 1.82) is 0 Å². The molecule has 0 spiro atoms. The van der Waals surface area contributed by atoms with Crippen LogP contribution in [0, 0.1) is 23.7 Å². The first kappa shape index (κ1) is 27.6. The second-order valence-electron chi connectivity index (χ2n) is 10.7. The summed E-state index contributed by atoms with van der Waals surface area (Å²) in [6.45, 7) is 3.26. The fourth-order valence-electron chi connectivity index (χ4n) is 6.44. The summed E-state index contributed by atoms with van der Waals surface area (Å²) in [5.41, 5.74) is 1.73. The van der Waals surface area contributed by atoms with Crippen LogP contribution < -0.4 is 14.6 Å². The van der Waals surface area contributed by atoms with Gasteiger partial charge in [-0.05, 0) is 54.7 Å². The van der Waals surface area contributed by atoms with E-state index in [1.54, 1.807) is 25.4 Å². The lowest BCUT2D eigenvalue weighted by atomic mass is 9.80. The van der Waals surface area contributed by atoms with E-state index in [1.165, 1.54) is 19.0 Å². The molecule has 2 aliphatic heterocycles. The van der Waals surface area contributed by atoms with E-state index >= 15 is 0 Å². The molecule has 1 saturated carbocycles. The number of anilines is 2. The van der Waals surface area contributed by atoms with Crippen LogP contribution in [-0.4, -0.2) is 56.2 Å². The Morgan fingerprint density at radius 3 is 2.38 bits per heavy atom. The van der Waals surface area contributed by atoms with Crippen LogP contribution in [0.5, 0.6) is 5.88 Å². The van der Waals surface area contributed by atoms with Gasteiger partial charge in [0.2, 0.25) is 5.88 Å². The van der Waals surface area contributed by atoms with E-state index in [-0.39, 0.29) is 6.42 Å². The van der Waals surface area contributed by atoms with Crippen LogP contribution in [0.15, 0.2) is 41.6 Å². The predicted molar refractivity (Wildman–Crippen MR) is 143 cm³/mol. The SMILES string of the molecule is COC(=O)C[C@H]1[C@H](C)C(C(F)(F)F)=NN1c1ccc(C[C@H]2[C@@H]3CC[C@H]2CN(c2cc(OC)ncc2Cl)C3)cc1. The molecule has 11 heteroatoms. The molecular formula is C28H32ClF3N4O3. The van der Waals surface area contributed by atoms with E-state index in [0.717, 1.165) is 43.6 Å². The van der Waals surface area contributed by atoms with Crippen LogP contribution in [0.2, 0.25) is 5.02 Å². The standard InChI is InChI=1S/C28H32ClF3N4O3/c1-16-23(12-26(37)39-3)36(34-27(16)28(30,31)32)20-8-4-17(5-9-20)10-21-18-6-7-19(21)15-35(14-18)24-11-25(38-2)33-13-22(24)29/h4-5,8-9,11,13,16,18-19,21,23H,6-7,10,12,14-15H2,1-3H3/t16-,18-,19+,21+,23-/m0/s1. The molecule has 2 fully saturated rings. The Hall–Kier alpha value is -3.01. The van der Waals surface area contributed by atoms with Gasteiger partial charge in [-0.2, -0.15) is 18.3 Å². The minimum Gasteiger partial charge on any atom is -0.481 e. The zero-order valence-electron chi connectivity index (χ0n) is 22.1. The first-order valence-corrected chi connectivity index (χ1v) is 13.5. The predicted octanol–water partition coefficient (Wildman–Crippen LogP) is 5.75. The molecule has 0 radical (unpaired) electrons. The number of fused-ring (bicyclic) bond motifs is 2. The van der Waals surface area contributed by atoms with Gasteiger partial charge in [0.25, 0.3) is 0 Å². The second kappa shape index (κ2) is 10.9. The van der Waals surface area contributed by atoms with Crippen LogP contribution in [0.4, 0.5) is 24.5 Å². The number of hydrazone groups is 1. The van der Waals surface area contributed by atoms with Gasteiger partial charge >= 0.3 is 12.1 Å². The third-order valence-electron chi connectivity index (χ3n) is 8.49. The number of ether oxygens (including phenoxy) is 2. The highest BCUT2D eigenvalue weighted by atomic mass is 35.5. The van der Waals surface area contributed by atoms with Crippen molar-refractivity contribution in [3.05, 3.63) is 47.1 Å². The van der Waals surface area contributed by atoms with Crippen molar-refractivity contribution < 1.29 is 27.4 Å². The average Bonchev–Trinajstić information content (AvgIpc) is 3.35. The zero-order valence-corrected chi connectivity index (χ0v) is 22.9. The molecule has 5 rings (SSSR count). The molecule has 7 nitrogen and oxygen atoms in total. The van der Waals surface area contributed by atoms with Crippen LogP contribution in [0.3, 0.4) is 0 Å². The summed E-state index contributed by atoms with van der Waals surface area (Å²) < 4.78 is 50.8. The van der Waals surface area contributed by atoms with Crippen LogP contribution >= 0.6 is 11.6 Å². The Kier molecular flexibility index (Phi) is 7.68. The number of hydrogen-bond acceptors (Lipinski definition) is 7. The lowest BCUT2D eigenvalue weighted by Gasteiger charge is -2.40. The zero-order chi connectivity index (χ0) is 27.9. The van der Waals surface area contributed by atoms with Crippen molar-refractivity contribution in [3.63, 3.8) is 0 Å². The number of nitrogens with zero attached hydrogens (tertiary/aromatic N) is 4. The van der Waals surface area contributed by atoms with Crippen molar-refractivity contribution in [1.82, 2.24) is 4.98 Å². The fraction of sp³-hybridized carbons (Fsp3) is 0.536. The van der Waals surface area contributed by atoms with E-state index in [4.69, 9.17) is 21.1 Å². The first-order valence-electron chi connectivity index (χ1n) is 13.1. The Morgan fingerprint density at radius 2 is 1.79 bits per heavy atom. The Morgan fingerprint density at radius 1 is 1.13 bits per heavy atom. The molecule has 210 valence electrons. The number of rotatable bonds is 7. The highest BCUT2D eigenvalue weighted by Crippen LogP contribution is 2.46. The van der Waals surface area contributed by atoms with E-state index in [2.05, 4.69) is 15.0 Å². The number of methoxy groups -OCH3 is 2. The molecule has 0 N–H and O–H groups in total. The smallest absolute Gasteiger partial charge is 0.431 e. The Labute approximate surface area is 230 Å². The molecular weight excluding hydrogens is 533 g/mol. The normalized spacial score (nSPS) is 26.5. The van der Waals surface area contributed by atoms with Gasteiger partial charge in [0, 0.05) is 25.1 Å². The monoisotopic (exact) mass is 564 g/mol. The lowest BCUT2D eigenvalue weighted by molar-refractivity contribution is -0.141.